The molecule has 0 spiro atoms. The van der Waals surface area contributed by atoms with Gasteiger partial charge >= 0.3 is 5.97 Å². The van der Waals surface area contributed by atoms with Crippen LogP contribution in [-0.4, -0.2) is 41.6 Å². The summed E-state index contributed by atoms with van der Waals surface area (Å²) >= 11 is 0. The number of halogens is 2. The van der Waals surface area contributed by atoms with Crippen LogP contribution in [-0.2, 0) is 21.1 Å². The fourth-order valence-electron chi connectivity index (χ4n) is 2.24. The van der Waals surface area contributed by atoms with Crippen LogP contribution >= 0.6 is 0 Å². The zero-order valence-corrected chi connectivity index (χ0v) is 14.0. The van der Waals surface area contributed by atoms with Crippen LogP contribution in [0, 0.1) is 17.8 Å². The topological polar surface area (TPSA) is 97.5 Å². The number of sulfone groups is 1. The number of alkyl halides is 2. The van der Waals surface area contributed by atoms with Gasteiger partial charge in [-0.25, -0.2) is 17.2 Å². The van der Waals surface area contributed by atoms with Crippen molar-refractivity contribution in [3.63, 3.8) is 0 Å². The number of hydrogen-bond acceptors (Lipinski definition) is 5. The normalized spacial score (nSPS) is 19.7. The molecule has 1 fully saturated rings. The van der Waals surface area contributed by atoms with E-state index < -0.39 is 26.5 Å². The molecule has 132 valence electrons. The van der Waals surface area contributed by atoms with E-state index in [1.165, 1.54) is 6.07 Å². The average Bonchev–Trinajstić information content (AvgIpc) is 2.86. The largest absolute Gasteiger partial charge is 0.480 e. The number of aliphatic carboxylic acids is 1. The van der Waals surface area contributed by atoms with E-state index in [4.69, 9.17) is 9.63 Å². The first kappa shape index (κ1) is 18.4. The molecular formula is C15H17F2NO5S. The van der Waals surface area contributed by atoms with Gasteiger partial charge in [-0.2, -0.15) is 0 Å². The number of aromatic nitrogens is 1. The number of aryl methyl sites for hydroxylation is 1. The summed E-state index contributed by atoms with van der Waals surface area (Å²) in [7, 11) is -3.81. The second-order valence-corrected chi connectivity index (χ2v) is 8.67. The van der Waals surface area contributed by atoms with Gasteiger partial charge in [0.25, 0.3) is 5.92 Å². The molecule has 1 unspecified atom stereocenters. The predicted molar refractivity (Wildman–Crippen MR) is 80.3 cm³/mol. The van der Waals surface area contributed by atoms with Gasteiger partial charge in [-0.15, -0.1) is 0 Å². The lowest BCUT2D eigenvalue weighted by atomic mass is 9.82. The van der Waals surface area contributed by atoms with Crippen molar-refractivity contribution in [3.05, 3.63) is 17.5 Å². The van der Waals surface area contributed by atoms with Crippen LogP contribution in [0.4, 0.5) is 8.78 Å². The highest BCUT2D eigenvalue weighted by Crippen LogP contribution is 2.41. The minimum atomic E-state index is -3.81. The number of hydrogen-bond donors (Lipinski definition) is 1. The minimum absolute atomic E-state index is 0.0720. The summed E-state index contributed by atoms with van der Waals surface area (Å²) < 4.78 is 51.8. The van der Waals surface area contributed by atoms with Crippen LogP contribution < -0.4 is 0 Å². The van der Waals surface area contributed by atoms with Crippen LogP contribution in [0.1, 0.15) is 37.6 Å². The van der Waals surface area contributed by atoms with E-state index in [1.54, 1.807) is 0 Å². The molecule has 1 aliphatic carbocycles. The molecule has 1 aromatic heterocycles. The van der Waals surface area contributed by atoms with Gasteiger partial charge in [-0.3, -0.25) is 4.79 Å². The molecule has 6 nitrogen and oxygen atoms in total. The molecule has 0 bridgehead atoms. The third-order valence-electron chi connectivity index (χ3n) is 4.18. The number of carbonyl (C=O) groups is 1. The molecule has 9 heteroatoms. The molecular weight excluding hydrogens is 344 g/mol. The molecule has 1 aliphatic rings. The Morgan fingerprint density at radius 3 is 2.67 bits per heavy atom. The van der Waals surface area contributed by atoms with Crippen LogP contribution in [0.3, 0.4) is 0 Å². The molecule has 1 aromatic rings. The van der Waals surface area contributed by atoms with Crippen LogP contribution in [0.5, 0.6) is 0 Å². The zero-order chi connectivity index (χ0) is 18.2. The lowest BCUT2D eigenvalue weighted by Crippen LogP contribution is -2.43. The van der Waals surface area contributed by atoms with Crippen LogP contribution in [0.2, 0.25) is 0 Å². The van der Waals surface area contributed by atoms with Gasteiger partial charge in [0.15, 0.2) is 14.6 Å². The number of carboxylic acids is 1. The number of carboxylic acid groups (broad SMARTS) is 1. The van der Waals surface area contributed by atoms with Crippen molar-refractivity contribution in [3.8, 4) is 11.8 Å². The van der Waals surface area contributed by atoms with Gasteiger partial charge in [0.1, 0.15) is 0 Å². The maximum Gasteiger partial charge on any atom is 0.324 e. The highest BCUT2D eigenvalue weighted by atomic mass is 32.2. The van der Waals surface area contributed by atoms with Gasteiger partial charge in [0.2, 0.25) is 5.76 Å². The minimum Gasteiger partial charge on any atom is -0.480 e. The van der Waals surface area contributed by atoms with Gasteiger partial charge < -0.3 is 9.63 Å². The fourth-order valence-corrected chi connectivity index (χ4v) is 3.03. The van der Waals surface area contributed by atoms with E-state index in [0.29, 0.717) is 5.69 Å². The summed E-state index contributed by atoms with van der Waals surface area (Å²) in [5.41, 5.74) is 0.356. The quantitative estimate of drug-likeness (QED) is 0.805. The number of nitrogens with zero attached hydrogens (tertiary/aromatic N) is 1. The molecule has 1 atom stereocenters. The summed E-state index contributed by atoms with van der Waals surface area (Å²) in [5.74, 6) is 0.999. The van der Waals surface area contributed by atoms with Crippen molar-refractivity contribution in [2.24, 2.45) is 5.92 Å². The Kier molecular flexibility index (Phi) is 4.72. The molecule has 0 aromatic carbocycles. The van der Waals surface area contributed by atoms with Gasteiger partial charge in [0, 0.05) is 31.1 Å². The van der Waals surface area contributed by atoms with E-state index in [1.807, 2.05) is 0 Å². The summed E-state index contributed by atoms with van der Waals surface area (Å²) in [6, 6.07) is 1.45. The summed E-state index contributed by atoms with van der Waals surface area (Å²) in [6.07, 6.45) is 0.228. The van der Waals surface area contributed by atoms with Crippen LogP contribution in [0.15, 0.2) is 10.6 Å². The van der Waals surface area contributed by atoms with Gasteiger partial charge in [-0.1, -0.05) is 11.1 Å². The van der Waals surface area contributed by atoms with E-state index >= 15 is 0 Å². The highest BCUT2D eigenvalue weighted by Gasteiger charge is 2.44. The van der Waals surface area contributed by atoms with Crippen molar-refractivity contribution in [1.82, 2.24) is 5.16 Å². The lowest BCUT2D eigenvalue weighted by molar-refractivity contribution is -0.139. The maximum absolute atomic E-state index is 12.7. The fraction of sp³-hybridized carbons (Fsp3) is 0.600. The average molecular weight is 361 g/mol. The van der Waals surface area contributed by atoms with E-state index in [0.717, 1.165) is 13.2 Å². The molecule has 2 rings (SSSR count). The molecule has 1 heterocycles. The number of rotatable bonds is 5. The molecule has 0 saturated heterocycles. The molecule has 0 amide bonds. The standard InChI is InChI=1S/C15H17F2NO5S/c1-14(13(19)20,24(2,21)22)6-5-11-7-12(23-18-11)4-3-10-8-15(16,17)9-10/h7,10H,5-6,8-9H2,1-2H3,(H,19,20). The first-order valence-electron chi connectivity index (χ1n) is 7.21. The molecule has 1 saturated carbocycles. The molecule has 24 heavy (non-hydrogen) atoms. The van der Waals surface area contributed by atoms with Gasteiger partial charge in [-0.05, 0) is 25.7 Å². The van der Waals surface area contributed by atoms with Gasteiger partial charge in [0.05, 0.1) is 5.69 Å². The predicted octanol–water partition coefficient (Wildman–Crippen LogP) is 1.89. The Morgan fingerprint density at radius 1 is 1.54 bits per heavy atom. The molecule has 0 radical (unpaired) electrons. The molecule has 1 N–H and O–H groups in total. The van der Waals surface area contributed by atoms with E-state index in [9.17, 15) is 22.0 Å². The maximum atomic E-state index is 12.7. The van der Waals surface area contributed by atoms with Crippen molar-refractivity contribution >= 4 is 15.8 Å². The smallest absolute Gasteiger partial charge is 0.324 e. The first-order valence-corrected chi connectivity index (χ1v) is 9.10. The summed E-state index contributed by atoms with van der Waals surface area (Å²) in [5, 5.41) is 12.9. The molecule has 0 aliphatic heterocycles. The third kappa shape index (κ3) is 3.93. The Balaban J connectivity index is 1.99. The Hall–Kier alpha value is -1.95. The lowest BCUT2D eigenvalue weighted by Gasteiger charge is -2.30. The van der Waals surface area contributed by atoms with E-state index in [-0.39, 0.29) is 37.4 Å². The summed E-state index contributed by atoms with van der Waals surface area (Å²) in [4.78, 5) is 11.3. The Labute approximate surface area is 138 Å². The first-order chi connectivity index (χ1) is 10.9. The van der Waals surface area contributed by atoms with Crippen molar-refractivity contribution in [1.29, 1.82) is 0 Å². The van der Waals surface area contributed by atoms with Crippen molar-refractivity contribution < 1.29 is 31.6 Å². The van der Waals surface area contributed by atoms with Crippen molar-refractivity contribution in [2.45, 2.75) is 43.3 Å². The second-order valence-electron chi connectivity index (χ2n) is 6.22. The Morgan fingerprint density at radius 2 is 2.17 bits per heavy atom. The monoisotopic (exact) mass is 361 g/mol. The highest BCUT2D eigenvalue weighted by molar-refractivity contribution is 7.92. The van der Waals surface area contributed by atoms with Crippen LogP contribution in [0.25, 0.3) is 0 Å². The zero-order valence-electron chi connectivity index (χ0n) is 13.2. The van der Waals surface area contributed by atoms with Crippen molar-refractivity contribution in [2.75, 3.05) is 6.26 Å². The SMILES string of the molecule is CC(CCc1cc(C#CC2CC(F)(F)C2)on1)(C(=O)O)S(C)(=O)=O. The second kappa shape index (κ2) is 6.16. The Bertz CT molecular complexity index is 797. The summed E-state index contributed by atoms with van der Waals surface area (Å²) in [6.45, 7) is 1.14. The van der Waals surface area contributed by atoms with E-state index in [2.05, 4.69) is 17.0 Å². The third-order valence-corrected chi connectivity index (χ3v) is 6.19.